The molecule has 0 saturated carbocycles. The van der Waals surface area contributed by atoms with Crippen LogP contribution in [-0.2, 0) is 7.05 Å². The first-order chi connectivity index (χ1) is 8.20. The van der Waals surface area contributed by atoms with Gasteiger partial charge in [-0.05, 0) is 13.0 Å². The summed E-state index contributed by atoms with van der Waals surface area (Å²) in [4.78, 5) is 8.45. The van der Waals surface area contributed by atoms with E-state index >= 15 is 0 Å². The van der Waals surface area contributed by atoms with E-state index in [0.717, 1.165) is 17.0 Å². The summed E-state index contributed by atoms with van der Waals surface area (Å²) < 4.78 is 1.76. The second-order valence-corrected chi connectivity index (χ2v) is 3.72. The lowest BCUT2D eigenvalue weighted by Crippen LogP contribution is -2.08. The third-order valence-corrected chi connectivity index (χ3v) is 2.34. The van der Waals surface area contributed by atoms with Crippen molar-refractivity contribution in [1.29, 1.82) is 0 Å². The summed E-state index contributed by atoms with van der Waals surface area (Å²) in [5, 5.41) is 15.9. The fraction of sp³-hybridized carbons (Fsp3) is 0.364. The number of aryl methyl sites for hydroxylation is 2. The zero-order chi connectivity index (χ0) is 12.3. The van der Waals surface area contributed by atoms with Crippen LogP contribution < -0.4 is 5.32 Å². The number of aromatic nitrogens is 4. The second kappa shape index (κ2) is 4.92. The van der Waals surface area contributed by atoms with Gasteiger partial charge in [0.25, 0.3) is 0 Å². The molecule has 2 N–H and O–H groups in total. The molecule has 2 aromatic rings. The molecule has 17 heavy (non-hydrogen) atoms. The van der Waals surface area contributed by atoms with Gasteiger partial charge in [0.1, 0.15) is 0 Å². The van der Waals surface area contributed by atoms with E-state index in [9.17, 15) is 0 Å². The summed E-state index contributed by atoms with van der Waals surface area (Å²) in [7, 11) is 1.88. The van der Waals surface area contributed by atoms with E-state index < -0.39 is 0 Å². The summed E-state index contributed by atoms with van der Waals surface area (Å²) in [5.41, 5.74) is 2.74. The molecule has 0 bridgehead atoms. The molecule has 2 rings (SSSR count). The number of hydrogen-bond acceptors (Lipinski definition) is 5. The van der Waals surface area contributed by atoms with Crippen molar-refractivity contribution in [3.05, 3.63) is 24.2 Å². The van der Waals surface area contributed by atoms with Gasteiger partial charge in [0.05, 0.1) is 18.0 Å². The topological polar surface area (TPSA) is 75.9 Å². The molecule has 0 spiro atoms. The van der Waals surface area contributed by atoms with Gasteiger partial charge in [0.15, 0.2) is 0 Å². The molecule has 0 aliphatic carbocycles. The fourth-order valence-electron chi connectivity index (χ4n) is 1.61. The molecule has 0 fully saturated rings. The number of rotatable bonds is 4. The Kier molecular flexibility index (Phi) is 3.34. The van der Waals surface area contributed by atoms with E-state index in [1.54, 1.807) is 10.9 Å². The number of anilines is 1. The van der Waals surface area contributed by atoms with Crippen molar-refractivity contribution in [2.45, 2.75) is 6.92 Å². The van der Waals surface area contributed by atoms with Crippen LogP contribution in [0.25, 0.3) is 11.3 Å². The van der Waals surface area contributed by atoms with Crippen LogP contribution in [0.4, 0.5) is 5.95 Å². The largest absolute Gasteiger partial charge is 0.395 e. The average molecular weight is 233 g/mol. The molecule has 90 valence electrons. The van der Waals surface area contributed by atoms with Crippen molar-refractivity contribution in [1.82, 2.24) is 19.7 Å². The molecular weight excluding hydrogens is 218 g/mol. The monoisotopic (exact) mass is 233 g/mol. The van der Waals surface area contributed by atoms with Crippen LogP contribution >= 0.6 is 0 Å². The molecule has 6 heteroatoms. The number of aliphatic hydroxyl groups is 1. The Morgan fingerprint density at radius 3 is 2.94 bits per heavy atom. The van der Waals surface area contributed by atoms with Gasteiger partial charge in [-0.3, -0.25) is 4.68 Å². The summed E-state index contributed by atoms with van der Waals surface area (Å²) in [6.45, 7) is 2.44. The lowest BCUT2D eigenvalue weighted by Gasteiger charge is -2.04. The molecule has 2 aromatic heterocycles. The van der Waals surface area contributed by atoms with Crippen LogP contribution in [0, 0.1) is 6.92 Å². The Labute approximate surface area is 99.3 Å². The van der Waals surface area contributed by atoms with E-state index in [-0.39, 0.29) is 6.61 Å². The molecule has 0 unspecified atom stereocenters. The molecular formula is C11H15N5O. The van der Waals surface area contributed by atoms with Crippen LogP contribution in [-0.4, -0.2) is 38.0 Å². The molecule has 2 heterocycles. The third kappa shape index (κ3) is 2.59. The minimum atomic E-state index is 0.0551. The summed E-state index contributed by atoms with van der Waals surface area (Å²) in [6, 6.07) is 1.84. The van der Waals surface area contributed by atoms with Crippen LogP contribution in [0.3, 0.4) is 0 Å². The number of nitrogens with zero attached hydrogens (tertiary/aromatic N) is 4. The van der Waals surface area contributed by atoms with Gasteiger partial charge in [-0.2, -0.15) is 5.10 Å². The molecule has 0 aromatic carbocycles. The molecule has 0 amide bonds. The van der Waals surface area contributed by atoms with Gasteiger partial charge in [-0.15, -0.1) is 0 Å². The highest BCUT2D eigenvalue weighted by Crippen LogP contribution is 2.20. The molecule has 0 aliphatic heterocycles. The van der Waals surface area contributed by atoms with Gasteiger partial charge >= 0.3 is 0 Å². The van der Waals surface area contributed by atoms with Gasteiger partial charge in [0, 0.05) is 31.5 Å². The zero-order valence-electron chi connectivity index (χ0n) is 9.88. The molecule has 0 atom stereocenters. The highest BCUT2D eigenvalue weighted by atomic mass is 16.3. The van der Waals surface area contributed by atoms with Crippen molar-refractivity contribution in [2.75, 3.05) is 18.5 Å². The SMILES string of the molecule is Cc1nn(C)cc1-c1ccnc(NCCO)n1. The maximum Gasteiger partial charge on any atom is 0.223 e. The summed E-state index contributed by atoms with van der Waals surface area (Å²) in [5.74, 6) is 0.514. The predicted molar refractivity (Wildman–Crippen MR) is 64.5 cm³/mol. The minimum Gasteiger partial charge on any atom is -0.395 e. The van der Waals surface area contributed by atoms with Gasteiger partial charge in [0.2, 0.25) is 5.95 Å². The van der Waals surface area contributed by atoms with E-state index in [4.69, 9.17) is 5.11 Å². The Balaban J connectivity index is 2.29. The molecule has 0 radical (unpaired) electrons. The highest BCUT2D eigenvalue weighted by Gasteiger charge is 2.08. The predicted octanol–water partition coefficient (Wildman–Crippen LogP) is 0.590. The Bertz CT molecular complexity index is 508. The van der Waals surface area contributed by atoms with Gasteiger partial charge in [-0.25, -0.2) is 9.97 Å². The Hall–Kier alpha value is -1.95. The summed E-state index contributed by atoms with van der Waals surface area (Å²) >= 11 is 0. The molecule has 6 nitrogen and oxygen atoms in total. The third-order valence-electron chi connectivity index (χ3n) is 2.34. The quantitative estimate of drug-likeness (QED) is 0.808. The Morgan fingerprint density at radius 1 is 1.47 bits per heavy atom. The number of aliphatic hydroxyl groups excluding tert-OH is 1. The van der Waals surface area contributed by atoms with Crippen LogP contribution in [0.1, 0.15) is 5.69 Å². The van der Waals surface area contributed by atoms with Crippen molar-refractivity contribution in [3.63, 3.8) is 0 Å². The lowest BCUT2D eigenvalue weighted by molar-refractivity contribution is 0.311. The summed E-state index contributed by atoms with van der Waals surface area (Å²) in [6.07, 6.45) is 3.61. The maximum absolute atomic E-state index is 8.73. The number of nitrogens with one attached hydrogen (secondary N) is 1. The molecule has 0 saturated heterocycles. The fourth-order valence-corrected chi connectivity index (χ4v) is 1.61. The van der Waals surface area contributed by atoms with Crippen molar-refractivity contribution in [2.24, 2.45) is 7.05 Å². The maximum atomic E-state index is 8.73. The molecule has 0 aliphatic rings. The van der Waals surface area contributed by atoms with Crippen molar-refractivity contribution < 1.29 is 5.11 Å². The minimum absolute atomic E-state index is 0.0551. The highest BCUT2D eigenvalue weighted by molar-refractivity contribution is 5.61. The first-order valence-corrected chi connectivity index (χ1v) is 5.39. The standard InChI is InChI=1S/C11H15N5O/c1-8-9(7-16(2)15-8)10-3-4-12-11(14-10)13-5-6-17/h3-4,7,17H,5-6H2,1-2H3,(H,12,13,14). The Morgan fingerprint density at radius 2 is 2.29 bits per heavy atom. The van der Waals surface area contributed by atoms with E-state index in [0.29, 0.717) is 12.5 Å². The normalized spacial score (nSPS) is 10.5. The zero-order valence-corrected chi connectivity index (χ0v) is 9.88. The average Bonchev–Trinajstić information content (AvgIpc) is 2.66. The van der Waals surface area contributed by atoms with Crippen LogP contribution in [0.15, 0.2) is 18.5 Å². The van der Waals surface area contributed by atoms with E-state index in [1.807, 2.05) is 26.2 Å². The van der Waals surface area contributed by atoms with Crippen LogP contribution in [0.2, 0.25) is 0 Å². The smallest absolute Gasteiger partial charge is 0.223 e. The number of hydrogen-bond donors (Lipinski definition) is 2. The van der Waals surface area contributed by atoms with Crippen molar-refractivity contribution in [3.8, 4) is 11.3 Å². The first kappa shape index (κ1) is 11.5. The first-order valence-electron chi connectivity index (χ1n) is 5.39. The van der Waals surface area contributed by atoms with Gasteiger partial charge < -0.3 is 10.4 Å². The van der Waals surface area contributed by atoms with E-state index in [2.05, 4.69) is 20.4 Å². The lowest BCUT2D eigenvalue weighted by atomic mass is 10.2. The van der Waals surface area contributed by atoms with Crippen molar-refractivity contribution >= 4 is 5.95 Å². The van der Waals surface area contributed by atoms with Crippen LogP contribution in [0.5, 0.6) is 0 Å². The second-order valence-electron chi connectivity index (χ2n) is 3.72. The van der Waals surface area contributed by atoms with E-state index in [1.165, 1.54) is 0 Å². The van der Waals surface area contributed by atoms with Gasteiger partial charge in [-0.1, -0.05) is 0 Å².